The van der Waals surface area contributed by atoms with Crippen molar-refractivity contribution in [2.24, 2.45) is 11.8 Å². The van der Waals surface area contributed by atoms with Crippen LogP contribution in [0.5, 0.6) is 0 Å². The van der Waals surface area contributed by atoms with E-state index in [1.165, 1.54) is 51.4 Å². The lowest BCUT2D eigenvalue weighted by atomic mass is 9.80. The molecule has 0 amide bonds. The summed E-state index contributed by atoms with van der Waals surface area (Å²) in [7, 11) is 0. The first-order valence-electron chi connectivity index (χ1n) is 6.41. The van der Waals surface area contributed by atoms with Crippen LogP contribution in [0.25, 0.3) is 0 Å². The predicted molar refractivity (Wildman–Crippen MR) is 60.9 cm³/mol. The van der Waals surface area contributed by atoms with Crippen molar-refractivity contribution in [2.75, 3.05) is 0 Å². The molecule has 0 bridgehead atoms. The summed E-state index contributed by atoms with van der Waals surface area (Å²) in [6.07, 6.45) is 14.1. The first kappa shape index (κ1) is 10.1. The first-order chi connectivity index (χ1) is 6.95. The Balaban J connectivity index is 1.73. The fourth-order valence-corrected chi connectivity index (χ4v) is 3.00. The molecule has 0 aromatic rings. The molecule has 2 aliphatic carbocycles. The molecule has 2 aliphatic rings. The van der Waals surface area contributed by atoms with E-state index in [9.17, 15) is 0 Å². The topological polar surface area (TPSA) is 0 Å². The molecule has 0 heteroatoms. The van der Waals surface area contributed by atoms with Crippen LogP contribution in [0.4, 0.5) is 0 Å². The van der Waals surface area contributed by atoms with Crippen molar-refractivity contribution < 1.29 is 0 Å². The molecule has 0 N–H and O–H groups in total. The maximum absolute atomic E-state index is 3.26. The molecule has 0 spiro atoms. The molecule has 0 aromatic heterocycles. The summed E-state index contributed by atoms with van der Waals surface area (Å²) >= 11 is 0. The third-order valence-corrected chi connectivity index (χ3v) is 3.87. The van der Waals surface area contributed by atoms with Crippen LogP contribution in [0.15, 0.2) is 0 Å². The highest BCUT2D eigenvalue weighted by atomic mass is 14.2. The zero-order valence-corrected chi connectivity index (χ0v) is 9.23. The van der Waals surface area contributed by atoms with Gasteiger partial charge in [0.1, 0.15) is 0 Å². The molecule has 0 aliphatic heterocycles. The number of hydrogen-bond acceptors (Lipinski definition) is 0. The minimum atomic E-state index is 0.987. The van der Waals surface area contributed by atoms with Crippen LogP contribution in [0.2, 0.25) is 0 Å². The Morgan fingerprint density at radius 1 is 0.714 bits per heavy atom. The van der Waals surface area contributed by atoms with Crippen molar-refractivity contribution in [3.05, 3.63) is 0 Å². The van der Waals surface area contributed by atoms with Gasteiger partial charge in [-0.3, -0.25) is 0 Å². The molecule has 1 fully saturated rings. The van der Waals surface area contributed by atoms with E-state index in [1.54, 1.807) is 0 Å². The molecular formula is C14H22. The molecule has 14 heavy (non-hydrogen) atoms. The monoisotopic (exact) mass is 190 g/mol. The lowest BCUT2D eigenvalue weighted by Crippen LogP contribution is -2.12. The Labute approximate surface area is 88.5 Å². The van der Waals surface area contributed by atoms with Crippen molar-refractivity contribution in [1.29, 1.82) is 0 Å². The van der Waals surface area contributed by atoms with Crippen LogP contribution in [0.1, 0.15) is 64.2 Å². The average Bonchev–Trinajstić information content (AvgIpc) is 2.48. The van der Waals surface area contributed by atoms with Gasteiger partial charge in [-0.05, 0) is 31.1 Å². The molecule has 0 radical (unpaired) electrons. The van der Waals surface area contributed by atoms with Gasteiger partial charge in [0.2, 0.25) is 0 Å². The number of rotatable bonds is 2. The number of hydrogen-bond donors (Lipinski definition) is 0. The zero-order valence-electron chi connectivity index (χ0n) is 9.23. The predicted octanol–water partition coefficient (Wildman–Crippen LogP) is 4.15. The van der Waals surface area contributed by atoms with E-state index in [0.717, 1.165) is 24.7 Å². The second kappa shape index (κ2) is 5.44. The van der Waals surface area contributed by atoms with E-state index < -0.39 is 0 Å². The van der Waals surface area contributed by atoms with Gasteiger partial charge in [0.05, 0.1) is 0 Å². The Morgan fingerprint density at radius 2 is 1.29 bits per heavy atom. The van der Waals surface area contributed by atoms with Gasteiger partial charge in [0.15, 0.2) is 0 Å². The summed E-state index contributed by atoms with van der Waals surface area (Å²) in [6, 6.07) is 0. The van der Waals surface area contributed by atoms with Crippen LogP contribution in [-0.2, 0) is 0 Å². The lowest BCUT2D eigenvalue weighted by Gasteiger charge is -2.25. The Bertz CT molecular complexity index is 200. The molecule has 0 atom stereocenters. The Hall–Kier alpha value is -0.440. The minimum absolute atomic E-state index is 0.987. The van der Waals surface area contributed by atoms with E-state index in [4.69, 9.17) is 0 Å². The van der Waals surface area contributed by atoms with E-state index in [2.05, 4.69) is 11.8 Å². The van der Waals surface area contributed by atoms with Crippen LogP contribution in [-0.4, -0.2) is 0 Å². The molecular weight excluding hydrogens is 168 g/mol. The molecule has 78 valence electrons. The van der Waals surface area contributed by atoms with Crippen LogP contribution in [0, 0.1) is 23.7 Å². The summed E-state index contributed by atoms with van der Waals surface area (Å²) in [6.45, 7) is 0. The maximum Gasteiger partial charge on any atom is 0.00913 e. The normalized spacial score (nSPS) is 25.1. The summed E-state index contributed by atoms with van der Waals surface area (Å²) in [5, 5.41) is 0. The first-order valence-corrected chi connectivity index (χ1v) is 6.41. The fourth-order valence-electron chi connectivity index (χ4n) is 3.00. The molecule has 0 nitrogen and oxygen atoms in total. The van der Waals surface area contributed by atoms with Gasteiger partial charge in [0, 0.05) is 12.8 Å². The highest BCUT2D eigenvalue weighted by Crippen LogP contribution is 2.32. The third kappa shape index (κ3) is 3.05. The zero-order chi connectivity index (χ0) is 9.64. The largest absolute Gasteiger partial charge is 0.103 e. The van der Waals surface area contributed by atoms with Crippen LogP contribution < -0.4 is 0 Å². The highest BCUT2D eigenvalue weighted by Gasteiger charge is 2.18. The van der Waals surface area contributed by atoms with Crippen LogP contribution in [0.3, 0.4) is 0 Å². The SMILES string of the molecule is C1#CCCC(CC2CCCCC2)CC1. The van der Waals surface area contributed by atoms with E-state index in [0.29, 0.717) is 0 Å². The molecule has 1 saturated carbocycles. The van der Waals surface area contributed by atoms with Gasteiger partial charge in [0.25, 0.3) is 0 Å². The standard InChI is InChI=1S/C14H22/c1-2-5-9-13(8-4-1)12-14-10-6-3-7-11-14/h13-14H,3-12H2. The smallest absolute Gasteiger partial charge is 0.00913 e. The quantitative estimate of drug-likeness (QED) is 0.574. The van der Waals surface area contributed by atoms with Crippen LogP contribution >= 0.6 is 0 Å². The fraction of sp³-hybridized carbons (Fsp3) is 0.857. The van der Waals surface area contributed by atoms with Gasteiger partial charge < -0.3 is 0 Å². The minimum Gasteiger partial charge on any atom is -0.103 e. The summed E-state index contributed by atoms with van der Waals surface area (Å²) in [5.74, 6) is 8.58. The molecule has 0 saturated heterocycles. The third-order valence-electron chi connectivity index (χ3n) is 3.87. The average molecular weight is 190 g/mol. The molecule has 0 heterocycles. The lowest BCUT2D eigenvalue weighted by molar-refractivity contribution is 0.274. The Morgan fingerprint density at radius 3 is 1.93 bits per heavy atom. The van der Waals surface area contributed by atoms with Crippen molar-refractivity contribution in [3.63, 3.8) is 0 Å². The summed E-state index contributed by atoms with van der Waals surface area (Å²) < 4.78 is 0. The highest BCUT2D eigenvalue weighted by molar-refractivity contribution is 5.01. The maximum atomic E-state index is 3.26. The molecule has 2 rings (SSSR count). The second-order valence-corrected chi connectivity index (χ2v) is 5.04. The summed E-state index contributed by atoms with van der Waals surface area (Å²) in [5.41, 5.74) is 0. The van der Waals surface area contributed by atoms with E-state index in [-0.39, 0.29) is 0 Å². The summed E-state index contributed by atoms with van der Waals surface area (Å²) in [4.78, 5) is 0. The molecule has 0 aromatic carbocycles. The van der Waals surface area contributed by atoms with E-state index >= 15 is 0 Å². The van der Waals surface area contributed by atoms with Gasteiger partial charge >= 0.3 is 0 Å². The van der Waals surface area contributed by atoms with Gasteiger partial charge in [-0.2, -0.15) is 0 Å². The van der Waals surface area contributed by atoms with Gasteiger partial charge in [-0.15, -0.1) is 11.8 Å². The van der Waals surface area contributed by atoms with Crippen molar-refractivity contribution >= 4 is 0 Å². The van der Waals surface area contributed by atoms with E-state index in [1.807, 2.05) is 0 Å². The van der Waals surface area contributed by atoms with Crippen molar-refractivity contribution in [2.45, 2.75) is 64.2 Å². The van der Waals surface area contributed by atoms with Gasteiger partial charge in [-0.25, -0.2) is 0 Å². The molecule has 0 unspecified atom stereocenters. The van der Waals surface area contributed by atoms with Crippen molar-refractivity contribution in [3.8, 4) is 11.8 Å². The van der Waals surface area contributed by atoms with Gasteiger partial charge in [-0.1, -0.05) is 32.1 Å². The Kier molecular flexibility index (Phi) is 3.92. The van der Waals surface area contributed by atoms with Crippen molar-refractivity contribution in [1.82, 2.24) is 0 Å². The second-order valence-electron chi connectivity index (χ2n) is 5.04.